The van der Waals surface area contributed by atoms with E-state index in [4.69, 9.17) is 9.15 Å². The van der Waals surface area contributed by atoms with Crippen molar-refractivity contribution in [3.05, 3.63) is 53.0 Å². The maximum atomic E-state index is 5.83. The van der Waals surface area contributed by atoms with Crippen LogP contribution in [0.4, 0.5) is 0 Å². The molecule has 0 unspecified atom stereocenters. The molecule has 106 valence electrons. The third-order valence-electron chi connectivity index (χ3n) is 3.84. The molecular formula is C17H21NO2. The van der Waals surface area contributed by atoms with Gasteiger partial charge in [0.2, 0.25) is 0 Å². The first kappa shape index (κ1) is 13.3. The summed E-state index contributed by atoms with van der Waals surface area (Å²) in [5, 5.41) is 3.50. The average Bonchev–Trinajstić information content (AvgIpc) is 3.16. The van der Waals surface area contributed by atoms with E-state index in [1.54, 1.807) is 6.26 Å². The van der Waals surface area contributed by atoms with Crippen LogP contribution in [0.5, 0.6) is 5.75 Å². The molecule has 3 heteroatoms. The number of nitrogens with one attached hydrogen (secondary N) is 1. The molecule has 3 rings (SSSR count). The molecule has 1 aliphatic rings. The van der Waals surface area contributed by atoms with Crippen LogP contribution in [0.1, 0.15) is 35.3 Å². The standard InChI is InChI=1S/C17H21NO2/c1-12-3-6-16(9-13(12)2)20-11-17-14(7-8-19-17)10-18-15-4-5-15/h3,6-9,15,18H,4-5,10-11H2,1-2H3. The van der Waals surface area contributed by atoms with Crippen molar-refractivity contribution in [2.24, 2.45) is 0 Å². The zero-order valence-corrected chi connectivity index (χ0v) is 12.1. The van der Waals surface area contributed by atoms with Gasteiger partial charge in [-0.3, -0.25) is 0 Å². The Hall–Kier alpha value is -1.74. The fourth-order valence-electron chi connectivity index (χ4n) is 2.15. The van der Waals surface area contributed by atoms with E-state index in [-0.39, 0.29) is 0 Å². The second-order valence-corrected chi connectivity index (χ2v) is 5.56. The smallest absolute Gasteiger partial charge is 0.146 e. The van der Waals surface area contributed by atoms with Crippen molar-refractivity contribution in [3.8, 4) is 5.75 Å². The molecule has 0 atom stereocenters. The Bertz CT molecular complexity index is 584. The molecule has 20 heavy (non-hydrogen) atoms. The summed E-state index contributed by atoms with van der Waals surface area (Å²) in [5.41, 5.74) is 3.72. The molecule has 1 N–H and O–H groups in total. The summed E-state index contributed by atoms with van der Waals surface area (Å²) in [7, 11) is 0. The van der Waals surface area contributed by atoms with Crippen molar-refractivity contribution in [1.29, 1.82) is 0 Å². The molecule has 0 spiro atoms. The van der Waals surface area contributed by atoms with Crippen molar-refractivity contribution < 1.29 is 9.15 Å². The first-order chi connectivity index (χ1) is 9.72. The molecule has 0 saturated heterocycles. The normalized spacial score (nSPS) is 14.5. The van der Waals surface area contributed by atoms with Gasteiger partial charge in [-0.25, -0.2) is 0 Å². The summed E-state index contributed by atoms with van der Waals surface area (Å²) in [6.07, 6.45) is 4.33. The molecule has 3 nitrogen and oxygen atoms in total. The SMILES string of the molecule is Cc1ccc(OCc2occc2CNC2CC2)cc1C. The van der Waals surface area contributed by atoms with Crippen LogP contribution < -0.4 is 10.1 Å². The summed E-state index contributed by atoms with van der Waals surface area (Å²) >= 11 is 0. The van der Waals surface area contributed by atoms with Crippen LogP contribution in [0.2, 0.25) is 0 Å². The van der Waals surface area contributed by atoms with Crippen molar-refractivity contribution in [2.75, 3.05) is 0 Å². The lowest BCUT2D eigenvalue weighted by Gasteiger charge is -2.08. The summed E-state index contributed by atoms with van der Waals surface area (Å²) in [6, 6.07) is 8.89. The zero-order chi connectivity index (χ0) is 13.9. The fourth-order valence-corrected chi connectivity index (χ4v) is 2.15. The third kappa shape index (κ3) is 3.23. The quantitative estimate of drug-likeness (QED) is 0.869. The predicted octanol–water partition coefficient (Wildman–Crippen LogP) is 3.73. The second kappa shape index (κ2) is 5.71. The Balaban J connectivity index is 1.59. The number of aryl methyl sites for hydroxylation is 2. The monoisotopic (exact) mass is 271 g/mol. The van der Waals surface area contributed by atoms with Crippen molar-refractivity contribution in [3.63, 3.8) is 0 Å². The third-order valence-corrected chi connectivity index (χ3v) is 3.84. The second-order valence-electron chi connectivity index (χ2n) is 5.56. The average molecular weight is 271 g/mol. The lowest BCUT2D eigenvalue weighted by Crippen LogP contribution is -2.16. The van der Waals surface area contributed by atoms with E-state index < -0.39 is 0 Å². The summed E-state index contributed by atoms with van der Waals surface area (Å²) in [4.78, 5) is 0. The molecule has 1 fully saturated rings. The topological polar surface area (TPSA) is 34.4 Å². The maximum Gasteiger partial charge on any atom is 0.146 e. The first-order valence-electron chi connectivity index (χ1n) is 7.21. The Labute approximate surface area is 119 Å². The zero-order valence-electron chi connectivity index (χ0n) is 12.1. The van der Waals surface area contributed by atoms with Gasteiger partial charge in [-0.15, -0.1) is 0 Å². The Morgan fingerprint density at radius 1 is 1.20 bits per heavy atom. The van der Waals surface area contributed by atoms with Crippen molar-refractivity contribution in [1.82, 2.24) is 5.32 Å². The van der Waals surface area contributed by atoms with E-state index in [1.165, 1.54) is 29.5 Å². The van der Waals surface area contributed by atoms with Crippen molar-refractivity contribution >= 4 is 0 Å². The van der Waals surface area contributed by atoms with Gasteiger partial charge in [-0.2, -0.15) is 0 Å². The van der Waals surface area contributed by atoms with Gasteiger partial charge in [0.1, 0.15) is 18.1 Å². The molecule has 2 aromatic rings. The number of hydrogen-bond donors (Lipinski definition) is 1. The van der Waals surface area contributed by atoms with Gasteiger partial charge in [0.15, 0.2) is 0 Å². The van der Waals surface area contributed by atoms with Crippen LogP contribution in [0.25, 0.3) is 0 Å². The number of benzene rings is 1. The molecule has 1 aromatic carbocycles. The lowest BCUT2D eigenvalue weighted by molar-refractivity contribution is 0.268. The Morgan fingerprint density at radius 2 is 2.05 bits per heavy atom. The lowest BCUT2D eigenvalue weighted by atomic mass is 10.1. The van der Waals surface area contributed by atoms with Crippen LogP contribution in [0, 0.1) is 13.8 Å². The molecule has 0 radical (unpaired) electrons. The van der Waals surface area contributed by atoms with Gasteiger partial charge in [-0.05, 0) is 56.0 Å². The number of ether oxygens (including phenoxy) is 1. The van der Waals surface area contributed by atoms with E-state index in [0.29, 0.717) is 12.6 Å². The van der Waals surface area contributed by atoms with Crippen LogP contribution in [-0.2, 0) is 13.2 Å². The minimum atomic E-state index is 0.483. The largest absolute Gasteiger partial charge is 0.486 e. The predicted molar refractivity (Wildman–Crippen MR) is 78.8 cm³/mol. The molecule has 1 aromatic heterocycles. The van der Waals surface area contributed by atoms with Gasteiger partial charge in [0, 0.05) is 18.2 Å². The fraction of sp³-hybridized carbons (Fsp3) is 0.412. The molecule has 1 heterocycles. The summed E-state index contributed by atoms with van der Waals surface area (Å²) < 4.78 is 11.4. The highest BCUT2D eigenvalue weighted by molar-refractivity contribution is 5.34. The molecule has 0 amide bonds. The molecule has 0 bridgehead atoms. The summed E-state index contributed by atoms with van der Waals surface area (Å²) in [5.74, 6) is 1.81. The first-order valence-corrected chi connectivity index (χ1v) is 7.21. The van der Waals surface area contributed by atoms with Gasteiger partial charge in [0.25, 0.3) is 0 Å². The molecule has 1 saturated carbocycles. The van der Waals surface area contributed by atoms with Gasteiger partial charge < -0.3 is 14.5 Å². The van der Waals surface area contributed by atoms with Gasteiger partial charge >= 0.3 is 0 Å². The number of rotatable bonds is 6. The van der Waals surface area contributed by atoms with Crippen molar-refractivity contribution in [2.45, 2.75) is 45.9 Å². The van der Waals surface area contributed by atoms with E-state index in [9.17, 15) is 0 Å². The van der Waals surface area contributed by atoms with E-state index in [0.717, 1.165) is 18.1 Å². The van der Waals surface area contributed by atoms with Crippen LogP contribution in [-0.4, -0.2) is 6.04 Å². The molecular weight excluding hydrogens is 250 g/mol. The van der Waals surface area contributed by atoms with Crippen LogP contribution in [0.3, 0.4) is 0 Å². The van der Waals surface area contributed by atoms with Crippen LogP contribution >= 0.6 is 0 Å². The highest BCUT2D eigenvalue weighted by Crippen LogP contribution is 2.22. The van der Waals surface area contributed by atoms with E-state index >= 15 is 0 Å². The Kier molecular flexibility index (Phi) is 3.79. The summed E-state index contributed by atoms with van der Waals surface area (Å²) in [6.45, 7) is 5.55. The Morgan fingerprint density at radius 3 is 2.80 bits per heavy atom. The highest BCUT2D eigenvalue weighted by Gasteiger charge is 2.21. The maximum absolute atomic E-state index is 5.83. The number of furan rings is 1. The van der Waals surface area contributed by atoms with E-state index in [1.807, 2.05) is 12.1 Å². The molecule has 1 aliphatic carbocycles. The molecule has 0 aliphatic heterocycles. The van der Waals surface area contributed by atoms with Gasteiger partial charge in [-0.1, -0.05) is 6.07 Å². The minimum absolute atomic E-state index is 0.483. The number of hydrogen-bond acceptors (Lipinski definition) is 3. The highest BCUT2D eigenvalue weighted by atomic mass is 16.5. The minimum Gasteiger partial charge on any atom is -0.486 e. The van der Waals surface area contributed by atoms with Crippen LogP contribution in [0.15, 0.2) is 34.9 Å². The van der Waals surface area contributed by atoms with E-state index in [2.05, 4.69) is 31.3 Å². The van der Waals surface area contributed by atoms with Gasteiger partial charge in [0.05, 0.1) is 6.26 Å².